The van der Waals surface area contributed by atoms with Crippen molar-refractivity contribution in [3.8, 4) is 0 Å². The van der Waals surface area contributed by atoms with E-state index in [9.17, 15) is 9.59 Å². The number of carbonyl (C=O) groups excluding carboxylic acids is 2. The molecule has 1 aliphatic rings. The standard InChI is InChI=1S/C14H10N2O2.C5H5N/c17-13-9-5-1-3-7-11(9)15-14(18)10-6-2-4-8-12(10)16-13;1-2-4-6-5-3-1/h1-8H,(H,15,18)(H,16,17);1-5H. The van der Waals surface area contributed by atoms with E-state index in [2.05, 4.69) is 15.6 Å². The molecule has 0 atom stereocenters. The lowest BCUT2D eigenvalue weighted by Crippen LogP contribution is -2.23. The maximum atomic E-state index is 12.1. The largest absolute Gasteiger partial charge is 0.321 e. The van der Waals surface area contributed by atoms with Gasteiger partial charge in [-0.2, -0.15) is 0 Å². The summed E-state index contributed by atoms with van der Waals surface area (Å²) in [6, 6.07) is 19.6. The molecule has 0 spiro atoms. The molecule has 5 heteroatoms. The Kier molecular flexibility index (Phi) is 4.62. The molecule has 0 bridgehead atoms. The van der Waals surface area contributed by atoms with Crippen molar-refractivity contribution in [2.24, 2.45) is 0 Å². The van der Waals surface area contributed by atoms with Gasteiger partial charge in [0.1, 0.15) is 0 Å². The van der Waals surface area contributed by atoms with Crippen LogP contribution in [0.15, 0.2) is 79.1 Å². The van der Waals surface area contributed by atoms with Crippen LogP contribution in [0.2, 0.25) is 0 Å². The Morgan fingerprint density at radius 2 is 1.04 bits per heavy atom. The van der Waals surface area contributed by atoms with Crippen LogP contribution < -0.4 is 10.6 Å². The fourth-order valence-corrected chi connectivity index (χ4v) is 2.27. The van der Waals surface area contributed by atoms with E-state index in [1.54, 1.807) is 60.9 Å². The van der Waals surface area contributed by atoms with Gasteiger partial charge in [0.05, 0.1) is 22.5 Å². The smallest absolute Gasteiger partial charge is 0.257 e. The highest BCUT2D eigenvalue weighted by molar-refractivity contribution is 6.18. The number of nitrogens with zero attached hydrogens (tertiary/aromatic N) is 1. The monoisotopic (exact) mass is 317 g/mol. The normalized spacial score (nSPS) is 12.2. The quantitative estimate of drug-likeness (QED) is 0.665. The highest BCUT2D eigenvalue weighted by Crippen LogP contribution is 2.24. The summed E-state index contributed by atoms with van der Waals surface area (Å²) >= 11 is 0. The summed E-state index contributed by atoms with van der Waals surface area (Å²) in [4.78, 5) is 27.9. The molecule has 2 amide bonds. The zero-order valence-corrected chi connectivity index (χ0v) is 12.8. The van der Waals surface area contributed by atoms with Crippen molar-refractivity contribution >= 4 is 23.2 Å². The molecule has 0 saturated carbocycles. The van der Waals surface area contributed by atoms with Gasteiger partial charge in [0.15, 0.2) is 0 Å². The zero-order chi connectivity index (χ0) is 16.8. The molecule has 1 aromatic heterocycles. The fraction of sp³-hybridized carbons (Fsp3) is 0. The third kappa shape index (κ3) is 3.47. The SMILES string of the molecule is O=C1Nc2ccccc2C(=O)Nc2ccccc21.c1ccncc1. The number of aromatic nitrogens is 1. The molecular weight excluding hydrogens is 302 g/mol. The van der Waals surface area contributed by atoms with Crippen molar-refractivity contribution in [3.63, 3.8) is 0 Å². The molecule has 2 heterocycles. The van der Waals surface area contributed by atoms with Crippen LogP contribution in [-0.4, -0.2) is 16.8 Å². The summed E-state index contributed by atoms with van der Waals surface area (Å²) < 4.78 is 0. The first-order valence-corrected chi connectivity index (χ1v) is 7.41. The van der Waals surface area contributed by atoms with Gasteiger partial charge in [0.25, 0.3) is 11.8 Å². The van der Waals surface area contributed by atoms with Crippen molar-refractivity contribution < 1.29 is 9.59 Å². The number of rotatable bonds is 0. The van der Waals surface area contributed by atoms with Crippen LogP contribution >= 0.6 is 0 Å². The van der Waals surface area contributed by atoms with E-state index in [-0.39, 0.29) is 11.8 Å². The Balaban J connectivity index is 0.000000238. The van der Waals surface area contributed by atoms with Crippen molar-refractivity contribution in [2.45, 2.75) is 0 Å². The Bertz CT molecular complexity index is 779. The van der Waals surface area contributed by atoms with Gasteiger partial charge in [0.2, 0.25) is 0 Å². The molecule has 118 valence electrons. The number of nitrogens with one attached hydrogen (secondary N) is 2. The van der Waals surface area contributed by atoms with Gasteiger partial charge in [0, 0.05) is 12.4 Å². The molecule has 0 unspecified atom stereocenters. The lowest BCUT2D eigenvalue weighted by molar-refractivity contribution is 0.102. The van der Waals surface area contributed by atoms with Crippen molar-refractivity contribution in [2.75, 3.05) is 10.6 Å². The molecule has 4 rings (SSSR count). The van der Waals surface area contributed by atoms with Gasteiger partial charge in [-0.15, -0.1) is 0 Å². The van der Waals surface area contributed by atoms with Crippen molar-refractivity contribution in [3.05, 3.63) is 90.3 Å². The molecule has 24 heavy (non-hydrogen) atoms. The molecule has 5 nitrogen and oxygen atoms in total. The third-order valence-electron chi connectivity index (χ3n) is 3.41. The van der Waals surface area contributed by atoms with Crippen LogP contribution in [0.1, 0.15) is 20.7 Å². The number of amides is 2. The number of hydrogen-bond donors (Lipinski definition) is 2. The van der Waals surface area contributed by atoms with Gasteiger partial charge in [-0.25, -0.2) is 0 Å². The van der Waals surface area contributed by atoms with E-state index in [1.165, 1.54) is 0 Å². The first-order valence-electron chi connectivity index (χ1n) is 7.41. The van der Waals surface area contributed by atoms with Gasteiger partial charge < -0.3 is 10.6 Å². The van der Waals surface area contributed by atoms with Crippen LogP contribution in [0, 0.1) is 0 Å². The number of anilines is 2. The Morgan fingerprint density at radius 3 is 1.42 bits per heavy atom. The molecule has 2 aromatic carbocycles. The van der Waals surface area contributed by atoms with Crippen LogP contribution in [0.4, 0.5) is 11.4 Å². The average Bonchev–Trinajstić information content (AvgIpc) is 2.63. The highest BCUT2D eigenvalue weighted by atomic mass is 16.2. The van der Waals surface area contributed by atoms with Gasteiger partial charge in [-0.1, -0.05) is 30.3 Å². The molecule has 3 aromatic rings. The first kappa shape index (κ1) is 15.4. The summed E-state index contributed by atoms with van der Waals surface area (Å²) in [6.45, 7) is 0. The third-order valence-corrected chi connectivity index (χ3v) is 3.41. The minimum Gasteiger partial charge on any atom is -0.321 e. The second-order valence-electron chi connectivity index (χ2n) is 5.02. The molecule has 0 aliphatic carbocycles. The molecule has 2 N–H and O–H groups in total. The maximum absolute atomic E-state index is 12.1. The predicted molar refractivity (Wildman–Crippen MR) is 93.0 cm³/mol. The zero-order valence-electron chi connectivity index (χ0n) is 12.8. The van der Waals surface area contributed by atoms with Crippen LogP contribution in [0.5, 0.6) is 0 Å². The Hall–Kier alpha value is -3.47. The predicted octanol–water partition coefficient (Wildman–Crippen LogP) is 3.59. The van der Waals surface area contributed by atoms with Gasteiger partial charge in [-0.05, 0) is 36.4 Å². The minimum absolute atomic E-state index is 0.224. The highest BCUT2D eigenvalue weighted by Gasteiger charge is 2.20. The number of benzene rings is 2. The molecule has 0 radical (unpaired) electrons. The van der Waals surface area contributed by atoms with E-state index in [0.717, 1.165) is 0 Å². The number of carbonyl (C=O) groups is 2. The molecule has 0 fully saturated rings. The van der Waals surface area contributed by atoms with E-state index < -0.39 is 0 Å². The summed E-state index contributed by atoms with van der Waals surface area (Å²) in [5.41, 5.74) is 1.96. The van der Waals surface area contributed by atoms with Crippen LogP contribution in [-0.2, 0) is 0 Å². The number of fused-ring (bicyclic) bond motifs is 2. The number of hydrogen-bond acceptors (Lipinski definition) is 3. The van der Waals surface area contributed by atoms with E-state index in [4.69, 9.17) is 0 Å². The van der Waals surface area contributed by atoms with Gasteiger partial charge in [-0.3, -0.25) is 14.6 Å². The van der Waals surface area contributed by atoms with Gasteiger partial charge >= 0.3 is 0 Å². The Morgan fingerprint density at radius 1 is 0.583 bits per heavy atom. The topological polar surface area (TPSA) is 71.1 Å². The molecule has 1 aliphatic heterocycles. The van der Waals surface area contributed by atoms with Crippen molar-refractivity contribution in [1.29, 1.82) is 0 Å². The van der Waals surface area contributed by atoms with E-state index >= 15 is 0 Å². The average molecular weight is 317 g/mol. The summed E-state index contributed by atoms with van der Waals surface area (Å²) in [7, 11) is 0. The summed E-state index contributed by atoms with van der Waals surface area (Å²) in [5.74, 6) is -0.448. The Labute approximate surface area is 139 Å². The summed E-state index contributed by atoms with van der Waals surface area (Å²) in [5, 5.41) is 5.50. The minimum atomic E-state index is -0.224. The molecule has 0 saturated heterocycles. The van der Waals surface area contributed by atoms with Crippen LogP contribution in [0.25, 0.3) is 0 Å². The number of para-hydroxylation sites is 2. The first-order chi connectivity index (χ1) is 11.8. The second-order valence-corrected chi connectivity index (χ2v) is 5.02. The lowest BCUT2D eigenvalue weighted by atomic mass is 10.1. The molecular formula is C19H15N3O2. The fourth-order valence-electron chi connectivity index (χ4n) is 2.27. The van der Waals surface area contributed by atoms with E-state index in [1.807, 2.05) is 18.2 Å². The number of pyridine rings is 1. The van der Waals surface area contributed by atoms with Crippen LogP contribution in [0.3, 0.4) is 0 Å². The summed E-state index contributed by atoms with van der Waals surface area (Å²) in [6.07, 6.45) is 3.50. The maximum Gasteiger partial charge on any atom is 0.257 e. The second kappa shape index (κ2) is 7.19. The van der Waals surface area contributed by atoms with E-state index in [0.29, 0.717) is 22.5 Å². The van der Waals surface area contributed by atoms with Crippen molar-refractivity contribution in [1.82, 2.24) is 4.98 Å². The lowest BCUT2D eigenvalue weighted by Gasteiger charge is -2.17.